The van der Waals surface area contributed by atoms with Crippen molar-refractivity contribution < 1.29 is 14.2 Å². The lowest BCUT2D eigenvalue weighted by Crippen LogP contribution is -2.22. The van der Waals surface area contributed by atoms with Crippen molar-refractivity contribution in [3.8, 4) is 5.88 Å². The van der Waals surface area contributed by atoms with Crippen LogP contribution >= 0.6 is 0 Å². The average Bonchev–Trinajstić information content (AvgIpc) is 2.83. The Labute approximate surface area is 136 Å². The van der Waals surface area contributed by atoms with Crippen molar-refractivity contribution >= 4 is 0 Å². The van der Waals surface area contributed by atoms with Gasteiger partial charge in [0.15, 0.2) is 0 Å². The molecule has 0 radical (unpaired) electrons. The van der Waals surface area contributed by atoms with Crippen molar-refractivity contribution in [2.24, 2.45) is 7.05 Å². The first-order valence-electron chi connectivity index (χ1n) is 7.68. The highest BCUT2D eigenvalue weighted by atomic mass is 19.1. The minimum absolute atomic E-state index is 0.247. The molecule has 5 nitrogen and oxygen atoms in total. The summed E-state index contributed by atoms with van der Waals surface area (Å²) in [5, 5.41) is 17.8. The van der Waals surface area contributed by atoms with Crippen LogP contribution in [0.25, 0.3) is 0 Å². The van der Waals surface area contributed by atoms with Gasteiger partial charge in [0.2, 0.25) is 5.88 Å². The Bertz CT molecular complexity index is 655. The Morgan fingerprint density at radius 3 is 2.65 bits per heavy atom. The maximum absolute atomic E-state index is 13.7. The van der Waals surface area contributed by atoms with Crippen LogP contribution < -0.4 is 10.1 Å². The maximum Gasteiger partial charge on any atom is 0.216 e. The highest BCUT2D eigenvalue weighted by molar-refractivity contribution is 5.33. The monoisotopic (exact) mass is 321 g/mol. The smallest absolute Gasteiger partial charge is 0.216 e. The van der Waals surface area contributed by atoms with Crippen molar-refractivity contribution in [3.05, 3.63) is 46.9 Å². The predicted octanol–water partition coefficient (Wildman–Crippen LogP) is 2.51. The zero-order valence-electron chi connectivity index (χ0n) is 14.0. The molecular formula is C17H24FN3O2. The number of nitrogens with zero attached hydrogens (tertiary/aromatic N) is 2. The molecule has 1 atom stereocenters. The van der Waals surface area contributed by atoms with E-state index in [2.05, 4.69) is 24.3 Å². The Balaban J connectivity index is 2.05. The topological polar surface area (TPSA) is 59.3 Å². The number of aliphatic hydroxyl groups is 1. The molecule has 0 aliphatic heterocycles. The lowest BCUT2D eigenvalue weighted by Gasteiger charge is -2.14. The molecule has 0 aliphatic carbocycles. The molecule has 2 N–H and O–H groups in total. The summed E-state index contributed by atoms with van der Waals surface area (Å²) in [5.74, 6) is 0.559. The molecule has 2 aromatic rings. The second-order valence-corrected chi connectivity index (χ2v) is 5.82. The van der Waals surface area contributed by atoms with Crippen LogP contribution in [0.1, 0.15) is 42.7 Å². The number of aryl methyl sites for hydroxylation is 1. The number of methoxy groups -OCH3 is 1. The number of aliphatic hydroxyl groups excluding tert-OH is 1. The van der Waals surface area contributed by atoms with E-state index in [-0.39, 0.29) is 12.5 Å². The molecule has 0 amide bonds. The molecule has 1 aromatic heterocycles. The third kappa shape index (κ3) is 3.89. The molecule has 0 bridgehead atoms. The van der Waals surface area contributed by atoms with Gasteiger partial charge in [-0.25, -0.2) is 9.07 Å². The van der Waals surface area contributed by atoms with E-state index in [9.17, 15) is 9.50 Å². The number of benzene rings is 1. The van der Waals surface area contributed by atoms with Crippen molar-refractivity contribution in [1.29, 1.82) is 0 Å². The maximum atomic E-state index is 13.7. The Kier molecular flexibility index (Phi) is 5.74. The van der Waals surface area contributed by atoms with Gasteiger partial charge in [-0.15, -0.1) is 0 Å². The van der Waals surface area contributed by atoms with Gasteiger partial charge in [-0.3, -0.25) is 0 Å². The van der Waals surface area contributed by atoms with Gasteiger partial charge in [-0.2, -0.15) is 5.10 Å². The lowest BCUT2D eigenvalue weighted by molar-refractivity contribution is 0.169. The Hall–Kier alpha value is -1.92. The SMILES string of the molecule is COc1c(CNC[C@H](O)c2ccccc2F)c(C(C)C)nn1C. The zero-order valence-corrected chi connectivity index (χ0v) is 14.0. The van der Waals surface area contributed by atoms with E-state index in [1.165, 1.54) is 6.07 Å². The molecule has 126 valence electrons. The fourth-order valence-corrected chi connectivity index (χ4v) is 2.65. The quantitative estimate of drug-likeness (QED) is 0.823. The van der Waals surface area contributed by atoms with Crippen LogP contribution in [0.2, 0.25) is 0 Å². The summed E-state index contributed by atoms with van der Waals surface area (Å²) < 4.78 is 20.8. The summed E-state index contributed by atoms with van der Waals surface area (Å²) in [6, 6.07) is 6.25. The molecule has 0 spiro atoms. The van der Waals surface area contributed by atoms with Gasteiger partial charge in [0.1, 0.15) is 5.82 Å². The van der Waals surface area contributed by atoms with E-state index in [1.54, 1.807) is 30.0 Å². The molecule has 0 saturated heterocycles. The molecule has 0 aliphatic rings. The van der Waals surface area contributed by atoms with Crippen LogP contribution in [0, 0.1) is 5.82 Å². The number of hydrogen-bond donors (Lipinski definition) is 2. The first-order valence-corrected chi connectivity index (χ1v) is 7.68. The number of nitrogens with one attached hydrogen (secondary N) is 1. The molecule has 0 saturated carbocycles. The standard InChI is InChI=1S/C17H24FN3O2/c1-11(2)16-13(17(23-4)21(3)20-16)9-19-10-15(22)12-7-5-6-8-14(12)18/h5-8,11,15,19,22H,9-10H2,1-4H3/t15-/m0/s1. The van der Waals surface area contributed by atoms with Gasteiger partial charge in [-0.05, 0) is 12.0 Å². The number of rotatable bonds is 7. The molecule has 23 heavy (non-hydrogen) atoms. The summed E-state index contributed by atoms with van der Waals surface area (Å²) in [6.07, 6.45) is -0.902. The van der Waals surface area contributed by atoms with Crippen LogP contribution in [-0.4, -0.2) is 28.5 Å². The van der Waals surface area contributed by atoms with Gasteiger partial charge in [0.05, 0.1) is 24.5 Å². The molecule has 1 aromatic carbocycles. The second kappa shape index (κ2) is 7.57. The second-order valence-electron chi connectivity index (χ2n) is 5.82. The summed E-state index contributed by atoms with van der Waals surface area (Å²) in [7, 11) is 3.45. The zero-order chi connectivity index (χ0) is 17.0. The largest absolute Gasteiger partial charge is 0.481 e. The molecule has 6 heteroatoms. The van der Waals surface area contributed by atoms with Crippen LogP contribution in [0.3, 0.4) is 0 Å². The Morgan fingerprint density at radius 1 is 1.35 bits per heavy atom. The number of aromatic nitrogens is 2. The third-order valence-electron chi connectivity index (χ3n) is 3.76. The normalized spacial score (nSPS) is 12.7. The number of hydrogen-bond acceptors (Lipinski definition) is 4. The minimum atomic E-state index is -0.902. The van der Waals surface area contributed by atoms with E-state index in [1.807, 2.05) is 7.05 Å². The van der Waals surface area contributed by atoms with Gasteiger partial charge < -0.3 is 15.2 Å². The molecular weight excluding hydrogens is 297 g/mol. The van der Waals surface area contributed by atoms with Gasteiger partial charge >= 0.3 is 0 Å². The van der Waals surface area contributed by atoms with Crippen molar-refractivity contribution in [1.82, 2.24) is 15.1 Å². The summed E-state index contributed by atoms with van der Waals surface area (Å²) in [5.41, 5.74) is 2.21. The highest BCUT2D eigenvalue weighted by Crippen LogP contribution is 2.27. The first kappa shape index (κ1) is 17.4. The van der Waals surface area contributed by atoms with Crippen LogP contribution in [0.5, 0.6) is 5.88 Å². The molecule has 0 unspecified atom stereocenters. The van der Waals surface area contributed by atoms with Crippen molar-refractivity contribution in [2.45, 2.75) is 32.4 Å². The van der Waals surface area contributed by atoms with Crippen molar-refractivity contribution in [2.75, 3.05) is 13.7 Å². The fourth-order valence-electron chi connectivity index (χ4n) is 2.65. The highest BCUT2D eigenvalue weighted by Gasteiger charge is 2.19. The predicted molar refractivity (Wildman–Crippen MR) is 86.9 cm³/mol. The van der Waals surface area contributed by atoms with Gasteiger partial charge in [0, 0.05) is 25.7 Å². The van der Waals surface area contributed by atoms with Gasteiger partial charge in [-0.1, -0.05) is 32.0 Å². The van der Waals surface area contributed by atoms with Crippen molar-refractivity contribution in [3.63, 3.8) is 0 Å². The van der Waals surface area contributed by atoms with E-state index < -0.39 is 11.9 Å². The van der Waals surface area contributed by atoms with Gasteiger partial charge in [0.25, 0.3) is 0 Å². The lowest BCUT2D eigenvalue weighted by atomic mass is 10.1. The molecule has 1 heterocycles. The summed E-state index contributed by atoms with van der Waals surface area (Å²) in [4.78, 5) is 0. The summed E-state index contributed by atoms with van der Waals surface area (Å²) in [6.45, 7) is 4.88. The minimum Gasteiger partial charge on any atom is -0.481 e. The molecule has 0 fully saturated rings. The van der Waals surface area contributed by atoms with E-state index in [0.717, 1.165) is 11.3 Å². The van der Waals surface area contributed by atoms with Crippen LogP contribution in [0.4, 0.5) is 4.39 Å². The first-order chi connectivity index (χ1) is 11.0. The van der Waals surface area contributed by atoms with Crippen LogP contribution in [0.15, 0.2) is 24.3 Å². The number of halogens is 1. The third-order valence-corrected chi connectivity index (χ3v) is 3.76. The van der Waals surface area contributed by atoms with E-state index >= 15 is 0 Å². The number of ether oxygens (including phenoxy) is 1. The van der Waals surface area contributed by atoms with E-state index in [0.29, 0.717) is 18.0 Å². The van der Waals surface area contributed by atoms with Crippen LogP contribution in [-0.2, 0) is 13.6 Å². The average molecular weight is 321 g/mol. The van der Waals surface area contributed by atoms with E-state index in [4.69, 9.17) is 4.74 Å². The Morgan fingerprint density at radius 2 is 2.04 bits per heavy atom. The summed E-state index contributed by atoms with van der Waals surface area (Å²) >= 11 is 0. The molecule has 2 rings (SSSR count). The fraction of sp³-hybridized carbons (Fsp3) is 0.471.